The van der Waals surface area contributed by atoms with Gasteiger partial charge in [-0.15, -0.1) is 11.3 Å². The molecule has 1 aliphatic heterocycles. The number of nitrogens with zero attached hydrogens (tertiary/aromatic N) is 2. The SMILES string of the molecule is O=C(CCc1nc2ccccc2s1)O[C@H](C(=O)N1CCCC1)c1ccccc1. The highest BCUT2D eigenvalue weighted by atomic mass is 32.1. The molecule has 1 atom stereocenters. The van der Waals surface area contributed by atoms with Gasteiger partial charge in [0.25, 0.3) is 5.91 Å². The number of aromatic nitrogens is 1. The molecule has 0 bridgehead atoms. The highest BCUT2D eigenvalue weighted by molar-refractivity contribution is 7.18. The zero-order valence-electron chi connectivity index (χ0n) is 15.5. The lowest BCUT2D eigenvalue weighted by molar-refractivity contribution is -0.160. The van der Waals surface area contributed by atoms with Crippen molar-refractivity contribution in [3.05, 3.63) is 65.2 Å². The van der Waals surface area contributed by atoms with Gasteiger partial charge in [0.05, 0.1) is 21.6 Å². The van der Waals surface area contributed by atoms with Crippen LogP contribution in [0.5, 0.6) is 0 Å². The summed E-state index contributed by atoms with van der Waals surface area (Å²) in [7, 11) is 0. The maximum atomic E-state index is 12.9. The number of esters is 1. The fourth-order valence-corrected chi connectivity index (χ4v) is 4.39. The molecule has 3 aromatic rings. The van der Waals surface area contributed by atoms with E-state index in [9.17, 15) is 9.59 Å². The number of para-hydroxylation sites is 1. The molecule has 1 amide bonds. The van der Waals surface area contributed by atoms with E-state index in [1.54, 1.807) is 16.2 Å². The smallest absolute Gasteiger partial charge is 0.307 e. The standard InChI is InChI=1S/C22H22N2O3S/c25-20(13-12-19-23-17-10-4-5-11-18(17)28-19)27-21(16-8-2-1-3-9-16)22(26)24-14-6-7-15-24/h1-5,8-11,21H,6-7,12-15H2/t21-/m0/s1. The van der Waals surface area contributed by atoms with E-state index in [-0.39, 0.29) is 18.3 Å². The van der Waals surface area contributed by atoms with Crippen LogP contribution in [0.3, 0.4) is 0 Å². The average molecular weight is 394 g/mol. The molecule has 0 N–H and O–H groups in total. The topological polar surface area (TPSA) is 59.5 Å². The molecule has 2 heterocycles. The summed E-state index contributed by atoms with van der Waals surface area (Å²) in [4.78, 5) is 31.8. The van der Waals surface area contributed by atoms with Crippen LogP contribution in [-0.2, 0) is 20.7 Å². The van der Waals surface area contributed by atoms with Crippen LogP contribution in [0.25, 0.3) is 10.2 Å². The number of benzene rings is 2. The molecule has 5 nitrogen and oxygen atoms in total. The number of fused-ring (bicyclic) bond motifs is 1. The van der Waals surface area contributed by atoms with E-state index in [1.165, 1.54) is 0 Å². The number of thiazole rings is 1. The summed E-state index contributed by atoms with van der Waals surface area (Å²) in [6, 6.07) is 17.2. The Kier molecular flexibility index (Phi) is 5.67. The van der Waals surface area contributed by atoms with Gasteiger partial charge in [-0.05, 0) is 25.0 Å². The van der Waals surface area contributed by atoms with Crippen LogP contribution in [0.2, 0.25) is 0 Å². The van der Waals surface area contributed by atoms with E-state index in [1.807, 2.05) is 54.6 Å². The van der Waals surface area contributed by atoms with E-state index in [0.717, 1.165) is 41.2 Å². The number of hydrogen-bond acceptors (Lipinski definition) is 5. The molecule has 2 aromatic carbocycles. The lowest BCUT2D eigenvalue weighted by Crippen LogP contribution is -2.34. The Morgan fingerprint density at radius 3 is 2.50 bits per heavy atom. The highest BCUT2D eigenvalue weighted by Crippen LogP contribution is 2.25. The van der Waals surface area contributed by atoms with Crippen LogP contribution < -0.4 is 0 Å². The average Bonchev–Trinajstić information content (AvgIpc) is 3.40. The van der Waals surface area contributed by atoms with Gasteiger partial charge in [0.1, 0.15) is 0 Å². The van der Waals surface area contributed by atoms with Crippen molar-refractivity contribution in [1.29, 1.82) is 0 Å². The van der Waals surface area contributed by atoms with E-state index in [0.29, 0.717) is 12.0 Å². The van der Waals surface area contributed by atoms with Gasteiger partial charge in [0, 0.05) is 25.1 Å². The summed E-state index contributed by atoms with van der Waals surface area (Å²) in [5, 5.41) is 0.903. The Bertz CT molecular complexity index is 931. The van der Waals surface area contributed by atoms with Crippen molar-refractivity contribution < 1.29 is 14.3 Å². The largest absolute Gasteiger partial charge is 0.447 e. The Morgan fingerprint density at radius 2 is 1.75 bits per heavy atom. The Hall–Kier alpha value is -2.73. The molecule has 1 saturated heterocycles. The monoisotopic (exact) mass is 394 g/mol. The van der Waals surface area contributed by atoms with Crippen molar-refractivity contribution in [2.24, 2.45) is 0 Å². The van der Waals surface area contributed by atoms with Gasteiger partial charge in [-0.25, -0.2) is 4.98 Å². The van der Waals surface area contributed by atoms with Crippen LogP contribution in [-0.4, -0.2) is 34.8 Å². The van der Waals surface area contributed by atoms with Crippen molar-refractivity contribution >= 4 is 33.4 Å². The van der Waals surface area contributed by atoms with E-state index in [4.69, 9.17) is 4.74 Å². The number of likely N-dealkylation sites (tertiary alicyclic amines) is 1. The third-order valence-electron chi connectivity index (χ3n) is 4.87. The van der Waals surface area contributed by atoms with Crippen molar-refractivity contribution in [2.75, 3.05) is 13.1 Å². The molecule has 0 aliphatic carbocycles. The molecule has 1 aliphatic rings. The predicted octanol–water partition coefficient (Wildman–Crippen LogP) is 4.14. The molecule has 0 unspecified atom stereocenters. The number of aryl methyl sites for hydroxylation is 1. The third-order valence-corrected chi connectivity index (χ3v) is 5.97. The summed E-state index contributed by atoms with van der Waals surface area (Å²) in [5.74, 6) is -0.502. The first-order chi connectivity index (χ1) is 13.7. The molecule has 1 fully saturated rings. The number of amides is 1. The van der Waals surface area contributed by atoms with Crippen LogP contribution in [0, 0.1) is 0 Å². The Morgan fingerprint density at radius 1 is 1.04 bits per heavy atom. The summed E-state index contributed by atoms with van der Waals surface area (Å²) in [5.41, 5.74) is 1.66. The first-order valence-corrected chi connectivity index (χ1v) is 10.4. The Balaban J connectivity index is 1.43. The zero-order valence-corrected chi connectivity index (χ0v) is 16.4. The summed E-state index contributed by atoms with van der Waals surface area (Å²) < 4.78 is 6.76. The highest BCUT2D eigenvalue weighted by Gasteiger charge is 2.30. The van der Waals surface area contributed by atoms with Gasteiger partial charge in [-0.2, -0.15) is 0 Å². The summed E-state index contributed by atoms with van der Waals surface area (Å²) in [6.07, 6.45) is 1.84. The van der Waals surface area contributed by atoms with E-state index >= 15 is 0 Å². The zero-order chi connectivity index (χ0) is 19.3. The second-order valence-corrected chi connectivity index (χ2v) is 8.00. The molecular weight excluding hydrogens is 372 g/mol. The molecule has 1 aromatic heterocycles. The van der Waals surface area contributed by atoms with Crippen molar-refractivity contribution in [3.8, 4) is 0 Å². The molecule has 6 heteroatoms. The van der Waals surface area contributed by atoms with Gasteiger partial charge < -0.3 is 9.64 Å². The van der Waals surface area contributed by atoms with Gasteiger partial charge in [-0.3, -0.25) is 9.59 Å². The molecule has 4 rings (SSSR count). The lowest BCUT2D eigenvalue weighted by atomic mass is 10.1. The van der Waals surface area contributed by atoms with Gasteiger partial charge in [-0.1, -0.05) is 42.5 Å². The fourth-order valence-electron chi connectivity index (χ4n) is 3.42. The molecule has 28 heavy (non-hydrogen) atoms. The first-order valence-electron chi connectivity index (χ1n) is 9.58. The minimum atomic E-state index is -0.873. The predicted molar refractivity (Wildman–Crippen MR) is 109 cm³/mol. The van der Waals surface area contributed by atoms with Crippen LogP contribution >= 0.6 is 11.3 Å². The minimum absolute atomic E-state index is 0.128. The first kappa shape index (κ1) is 18.6. The number of ether oxygens (including phenoxy) is 1. The molecule has 144 valence electrons. The third kappa shape index (κ3) is 4.22. The lowest BCUT2D eigenvalue weighted by Gasteiger charge is -2.23. The van der Waals surface area contributed by atoms with Gasteiger partial charge in [0.2, 0.25) is 6.10 Å². The van der Waals surface area contributed by atoms with Crippen molar-refractivity contribution in [2.45, 2.75) is 31.8 Å². The second-order valence-electron chi connectivity index (χ2n) is 6.89. The van der Waals surface area contributed by atoms with Crippen LogP contribution in [0.15, 0.2) is 54.6 Å². The maximum absolute atomic E-state index is 12.9. The van der Waals surface area contributed by atoms with Crippen LogP contribution in [0.1, 0.15) is 35.9 Å². The molecule has 0 radical (unpaired) electrons. The number of carbonyl (C=O) groups is 2. The minimum Gasteiger partial charge on any atom is -0.447 e. The quantitative estimate of drug-likeness (QED) is 0.590. The number of rotatable bonds is 6. The van der Waals surface area contributed by atoms with Gasteiger partial charge >= 0.3 is 5.97 Å². The molecule has 0 saturated carbocycles. The van der Waals surface area contributed by atoms with Gasteiger partial charge in [0.15, 0.2) is 0 Å². The number of hydrogen-bond donors (Lipinski definition) is 0. The van der Waals surface area contributed by atoms with Crippen molar-refractivity contribution in [3.63, 3.8) is 0 Å². The summed E-state index contributed by atoms with van der Waals surface area (Å²) >= 11 is 1.59. The summed E-state index contributed by atoms with van der Waals surface area (Å²) in [6.45, 7) is 1.46. The Labute approximate surface area is 168 Å². The van der Waals surface area contributed by atoms with Crippen LogP contribution in [0.4, 0.5) is 0 Å². The molecular formula is C22H22N2O3S. The van der Waals surface area contributed by atoms with E-state index < -0.39 is 6.10 Å². The second kappa shape index (κ2) is 8.52. The normalized spacial score (nSPS) is 14.9. The van der Waals surface area contributed by atoms with E-state index in [2.05, 4.69) is 4.98 Å². The van der Waals surface area contributed by atoms with Crippen molar-refractivity contribution in [1.82, 2.24) is 9.88 Å². The molecule has 0 spiro atoms. The maximum Gasteiger partial charge on any atom is 0.307 e. The number of carbonyl (C=O) groups excluding carboxylic acids is 2. The fraction of sp³-hybridized carbons (Fsp3) is 0.318.